The molecule has 1 aromatic heterocycles. The number of carbonyl (C=O) groups excluding carboxylic acids is 1. The molecular formula is C19H19FN2O3. The highest BCUT2D eigenvalue weighted by Crippen LogP contribution is 2.59. The Bertz CT molecular complexity index is 888. The van der Waals surface area contributed by atoms with Gasteiger partial charge in [0.2, 0.25) is 0 Å². The summed E-state index contributed by atoms with van der Waals surface area (Å²) in [7, 11) is 0. The van der Waals surface area contributed by atoms with Gasteiger partial charge in [-0.05, 0) is 49.8 Å². The summed E-state index contributed by atoms with van der Waals surface area (Å²) in [6.45, 7) is 2.90. The molecule has 1 aliphatic heterocycles. The molecular weight excluding hydrogens is 323 g/mol. The maximum atomic E-state index is 13.3. The van der Waals surface area contributed by atoms with Crippen LogP contribution in [0.4, 0.5) is 4.39 Å². The predicted octanol–water partition coefficient (Wildman–Crippen LogP) is 3.01. The first kappa shape index (κ1) is 16.0. The van der Waals surface area contributed by atoms with E-state index >= 15 is 0 Å². The molecule has 1 N–H and O–H groups in total. The van der Waals surface area contributed by atoms with Gasteiger partial charge in [0, 0.05) is 24.5 Å². The number of pyridine rings is 1. The molecule has 1 unspecified atom stereocenters. The fourth-order valence-electron chi connectivity index (χ4n) is 4.03. The van der Waals surface area contributed by atoms with Crippen LogP contribution >= 0.6 is 0 Å². The normalized spacial score (nSPS) is 21.5. The zero-order valence-corrected chi connectivity index (χ0v) is 14.0. The number of fused-ring (bicyclic) bond motifs is 1. The van der Waals surface area contributed by atoms with E-state index in [1.54, 1.807) is 24.0 Å². The average molecular weight is 342 g/mol. The van der Waals surface area contributed by atoms with Crippen LogP contribution in [0.3, 0.4) is 0 Å². The van der Waals surface area contributed by atoms with Crippen LogP contribution < -0.4 is 0 Å². The summed E-state index contributed by atoms with van der Waals surface area (Å²) < 4.78 is 13.3. The largest absolute Gasteiger partial charge is 0.481 e. The van der Waals surface area contributed by atoms with Crippen LogP contribution in [0.15, 0.2) is 24.3 Å². The van der Waals surface area contributed by atoms with Crippen LogP contribution in [-0.4, -0.2) is 40.0 Å². The lowest BCUT2D eigenvalue weighted by Crippen LogP contribution is -2.40. The number of benzene rings is 1. The van der Waals surface area contributed by atoms with Crippen molar-refractivity contribution in [3.05, 3.63) is 41.3 Å². The number of hydrogen-bond donors (Lipinski definition) is 1. The van der Waals surface area contributed by atoms with Gasteiger partial charge in [-0.3, -0.25) is 14.6 Å². The van der Waals surface area contributed by atoms with Crippen molar-refractivity contribution < 1.29 is 19.1 Å². The molecule has 2 aromatic rings. The maximum Gasteiger partial charge on any atom is 0.307 e. The van der Waals surface area contributed by atoms with Crippen molar-refractivity contribution in [1.82, 2.24) is 9.88 Å². The van der Waals surface area contributed by atoms with E-state index in [4.69, 9.17) is 5.11 Å². The summed E-state index contributed by atoms with van der Waals surface area (Å²) in [4.78, 5) is 30.2. The van der Waals surface area contributed by atoms with Gasteiger partial charge in [0.1, 0.15) is 5.82 Å². The van der Waals surface area contributed by atoms with E-state index < -0.39 is 5.97 Å². The van der Waals surface area contributed by atoms with Crippen molar-refractivity contribution >= 4 is 22.8 Å². The number of nitrogens with zero attached hydrogens (tertiary/aromatic N) is 2. The van der Waals surface area contributed by atoms with Gasteiger partial charge in [-0.1, -0.05) is 0 Å². The molecule has 2 aliphatic rings. The van der Waals surface area contributed by atoms with Gasteiger partial charge >= 0.3 is 5.97 Å². The van der Waals surface area contributed by atoms with Crippen LogP contribution in [0.2, 0.25) is 0 Å². The fraction of sp³-hybridized carbons (Fsp3) is 0.421. The van der Waals surface area contributed by atoms with Gasteiger partial charge in [0.15, 0.2) is 0 Å². The number of aliphatic carboxylic acids is 1. The second kappa shape index (κ2) is 5.51. The van der Waals surface area contributed by atoms with Crippen molar-refractivity contribution in [2.24, 2.45) is 11.3 Å². The smallest absolute Gasteiger partial charge is 0.307 e. The molecule has 1 aromatic carbocycles. The van der Waals surface area contributed by atoms with Crippen LogP contribution in [0.5, 0.6) is 0 Å². The molecule has 4 rings (SSSR count). The first-order chi connectivity index (χ1) is 11.9. The third kappa shape index (κ3) is 2.65. The molecule has 1 amide bonds. The topological polar surface area (TPSA) is 70.5 Å². The van der Waals surface area contributed by atoms with E-state index in [0.717, 1.165) is 24.6 Å². The summed E-state index contributed by atoms with van der Waals surface area (Å²) in [5, 5.41) is 9.90. The number of amides is 1. The summed E-state index contributed by atoms with van der Waals surface area (Å²) in [5.41, 5.74) is 1.55. The molecule has 2 fully saturated rings. The van der Waals surface area contributed by atoms with Crippen molar-refractivity contribution in [2.45, 2.75) is 26.2 Å². The predicted molar refractivity (Wildman–Crippen MR) is 89.8 cm³/mol. The van der Waals surface area contributed by atoms with E-state index in [9.17, 15) is 14.0 Å². The monoisotopic (exact) mass is 342 g/mol. The third-order valence-corrected chi connectivity index (χ3v) is 5.73. The number of rotatable bonds is 2. The van der Waals surface area contributed by atoms with Gasteiger partial charge in [-0.15, -0.1) is 0 Å². The molecule has 0 bridgehead atoms. The Labute approximate surface area is 144 Å². The number of carboxylic acid groups (broad SMARTS) is 1. The molecule has 6 heteroatoms. The van der Waals surface area contributed by atoms with E-state index in [2.05, 4.69) is 4.98 Å². The quantitative estimate of drug-likeness (QED) is 0.911. The number of halogens is 1. The summed E-state index contributed by atoms with van der Waals surface area (Å²) in [5.74, 6) is -1.40. The lowest BCUT2D eigenvalue weighted by Gasteiger charge is -2.33. The Kier molecular flexibility index (Phi) is 3.52. The van der Waals surface area contributed by atoms with E-state index in [1.807, 2.05) is 0 Å². The molecule has 130 valence electrons. The summed E-state index contributed by atoms with van der Waals surface area (Å²) >= 11 is 0. The number of carboxylic acids is 1. The van der Waals surface area contributed by atoms with Gasteiger partial charge in [0.05, 0.1) is 22.7 Å². The second-order valence-electron chi connectivity index (χ2n) is 7.21. The number of hydrogen-bond acceptors (Lipinski definition) is 3. The highest BCUT2D eigenvalue weighted by molar-refractivity contribution is 5.98. The number of aromatic nitrogens is 1. The Morgan fingerprint density at radius 3 is 2.64 bits per heavy atom. The molecule has 1 aliphatic carbocycles. The first-order valence-corrected chi connectivity index (χ1v) is 8.49. The third-order valence-electron chi connectivity index (χ3n) is 5.73. The highest BCUT2D eigenvalue weighted by atomic mass is 19.1. The van der Waals surface area contributed by atoms with Gasteiger partial charge < -0.3 is 10.0 Å². The molecule has 1 spiro atoms. The summed E-state index contributed by atoms with van der Waals surface area (Å²) in [6.07, 6.45) is 2.20. The van der Waals surface area contributed by atoms with Crippen molar-refractivity contribution in [2.75, 3.05) is 13.1 Å². The van der Waals surface area contributed by atoms with Gasteiger partial charge in [-0.2, -0.15) is 0 Å². The van der Waals surface area contributed by atoms with Crippen LogP contribution in [0.1, 0.15) is 35.3 Å². The van der Waals surface area contributed by atoms with E-state index in [0.29, 0.717) is 29.9 Å². The standard InChI is InChI=1S/C19H19FN2O3/c1-11-14(8-12-2-3-13(20)9-16(12)21-11)17(23)22-6-4-19(5-7-22)10-15(19)18(24)25/h2-3,8-9,15H,4-7,10H2,1H3,(H,24,25). The Hall–Kier alpha value is -2.50. The minimum Gasteiger partial charge on any atom is -0.481 e. The average Bonchev–Trinajstić information content (AvgIpc) is 3.28. The Morgan fingerprint density at radius 1 is 1.28 bits per heavy atom. The fourth-order valence-corrected chi connectivity index (χ4v) is 4.03. The van der Waals surface area contributed by atoms with E-state index in [1.165, 1.54) is 12.1 Å². The summed E-state index contributed by atoms with van der Waals surface area (Å²) in [6, 6.07) is 6.11. The second-order valence-corrected chi connectivity index (χ2v) is 7.21. The van der Waals surface area contributed by atoms with Crippen molar-refractivity contribution in [3.8, 4) is 0 Å². The molecule has 1 atom stereocenters. The van der Waals surface area contributed by atoms with Crippen molar-refractivity contribution in [1.29, 1.82) is 0 Å². The van der Waals surface area contributed by atoms with Crippen LogP contribution in [0, 0.1) is 24.1 Å². The van der Waals surface area contributed by atoms with E-state index in [-0.39, 0.29) is 23.1 Å². The molecule has 5 nitrogen and oxygen atoms in total. The van der Waals surface area contributed by atoms with Gasteiger partial charge in [-0.25, -0.2) is 4.39 Å². The first-order valence-electron chi connectivity index (χ1n) is 8.49. The Balaban J connectivity index is 1.54. The number of aryl methyl sites for hydroxylation is 1. The van der Waals surface area contributed by atoms with Gasteiger partial charge in [0.25, 0.3) is 5.91 Å². The van der Waals surface area contributed by atoms with Crippen molar-refractivity contribution in [3.63, 3.8) is 0 Å². The maximum absolute atomic E-state index is 13.3. The molecule has 1 saturated carbocycles. The van der Waals surface area contributed by atoms with Crippen LogP contribution in [-0.2, 0) is 4.79 Å². The SMILES string of the molecule is Cc1nc2cc(F)ccc2cc1C(=O)N1CCC2(CC1)CC2C(=O)O. The minimum atomic E-state index is -0.721. The molecule has 2 heterocycles. The zero-order chi connectivity index (χ0) is 17.8. The molecule has 0 radical (unpaired) electrons. The number of likely N-dealkylation sites (tertiary alicyclic amines) is 1. The lowest BCUT2D eigenvalue weighted by atomic mass is 9.90. The Morgan fingerprint density at radius 2 is 2.00 bits per heavy atom. The van der Waals surface area contributed by atoms with Crippen LogP contribution in [0.25, 0.3) is 10.9 Å². The molecule has 25 heavy (non-hydrogen) atoms. The molecule has 1 saturated heterocycles. The number of piperidine rings is 1. The minimum absolute atomic E-state index is 0.0846. The lowest BCUT2D eigenvalue weighted by molar-refractivity contribution is -0.139. The number of carbonyl (C=O) groups is 2. The highest BCUT2D eigenvalue weighted by Gasteiger charge is 2.59. The zero-order valence-electron chi connectivity index (χ0n) is 14.0.